The van der Waals surface area contributed by atoms with E-state index in [1.807, 2.05) is 44.4 Å². The molecular weight excluding hydrogens is 364 g/mol. The molecule has 148 valence electrons. The second-order valence-corrected chi connectivity index (χ2v) is 8.54. The minimum Gasteiger partial charge on any atom is -0.387 e. The lowest BCUT2D eigenvalue weighted by atomic mass is 9.36. The van der Waals surface area contributed by atoms with Crippen molar-refractivity contribution in [2.45, 2.75) is 45.1 Å². The Bertz CT molecular complexity index is 1140. The maximum absolute atomic E-state index is 11.9. The van der Waals surface area contributed by atoms with Crippen LogP contribution in [-0.2, 0) is 4.79 Å². The molecule has 6 heteroatoms. The normalized spacial score (nSPS) is 25.9. The molecular formula is C23H24N4O2. The number of rotatable bonds is 5. The van der Waals surface area contributed by atoms with Gasteiger partial charge in [0.2, 0.25) is 5.91 Å². The monoisotopic (exact) mass is 388 g/mol. The number of nitrogens with two attached hydrogens (primary N) is 1. The number of aryl methyl sites for hydroxylation is 1. The Balaban J connectivity index is 1.47. The minimum absolute atomic E-state index is 0.160. The number of nitrogens with zero attached hydrogens (tertiary/aromatic N) is 3. The first kappa shape index (κ1) is 18.2. The van der Waals surface area contributed by atoms with Gasteiger partial charge in [0, 0.05) is 46.5 Å². The van der Waals surface area contributed by atoms with Gasteiger partial charge in [-0.05, 0) is 55.9 Å². The van der Waals surface area contributed by atoms with Crippen molar-refractivity contribution in [2.24, 2.45) is 17.1 Å². The topological polar surface area (TPSA) is 102 Å². The molecule has 29 heavy (non-hydrogen) atoms. The Morgan fingerprint density at radius 1 is 1.17 bits per heavy atom. The number of pyridine rings is 3. The Morgan fingerprint density at radius 3 is 2.52 bits per heavy atom. The van der Waals surface area contributed by atoms with E-state index in [9.17, 15) is 9.90 Å². The van der Waals surface area contributed by atoms with Gasteiger partial charge in [0.25, 0.3) is 0 Å². The lowest BCUT2D eigenvalue weighted by molar-refractivity contribution is -0.173. The highest BCUT2D eigenvalue weighted by Crippen LogP contribution is 2.72. The standard InChI is InChI=1S/C23H24N4O2/c1-3-20(28)18-4-12(2)16(11-27-18)17-5-13-10-26-19(6-14(13)9-25-17)21-15-7-23(21,8-15)22(24)29/h4-6,9-11,15,20-21,28H,3,7-8H2,1-2H3,(H2,24,29). The summed E-state index contributed by atoms with van der Waals surface area (Å²) in [4.78, 5) is 25.6. The van der Waals surface area contributed by atoms with Crippen LogP contribution in [0.4, 0.5) is 0 Å². The molecule has 0 spiro atoms. The number of aliphatic hydroxyl groups is 1. The number of primary amides is 1. The van der Waals surface area contributed by atoms with E-state index in [0.717, 1.165) is 46.1 Å². The zero-order valence-electron chi connectivity index (χ0n) is 16.6. The van der Waals surface area contributed by atoms with Gasteiger partial charge in [-0.2, -0.15) is 0 Å². The van der Waals surface area contributed by atoms with Crippen LogP contribution in [0.5, 0.6) is 0 Å². The van der Waals surface area contributed by atoms with Crippen LogP contribution in [0.3, 0.4) is 0 Å². The molecule has 2 unspecified atom stereocenters. The first-order chi connectivity index (χ1) is 13.9. The predicted octanol–water partition coefficient (Wildman–Crippen LogP) is 3.42. The summed E-state index contributed by atoms with van der Waals surface area (Å²) in [5.41, 5.74) is 9.70. The average Bonchev–Trinajstić information content (AvgIpc) is 2.64. The van der Waals surface area contributed by atoms with Crippen molar-refractivity contribution < 1.29 is 9.90 Å². The van der Waals surface area contributed by atoms with Gasteiger partial charge in [-0.15, -0.1) is 0 Å². The van der Waals surface area contributed by atoms with Crippen LogP contribution in [0.15, 0.2) is 36.8 Å². The molecule has 0 aliphatic heterocycles. The smallest absolute Gasteiger partial charge is 0.224 e. The van der Waals surface area contributed by atoms with Gasteiger partial charge in [-0.3, -0.25) is 19.7 Å². The molecule has 0 radical (unpaired) electrons. The summed E-state index contributed by atoms with van der Waals surface area (Å²) in [6.07, 6.45) is 7.38. The van der Waals surface area contributed by atoms with Crippen molar-refractivity contribution in [2.75, 3.05) is 0 Å². The molecule has 2 atom stereocenters. The van der Waals surface area contributed by atoms with E-state index in [4.69, 9.17) is 5.73 Å². The molecule has 1 amide bonds. The van der Waals surface area contributed by atoms with Gasteiger partial charge >= 0.3 is 0 Å². The van der Waals surface area contributed by atoms with Crippen LogP contribution >= 0.6 is 0 Å². The summed E-state index contributed by atoms with van der Waals surface area (Å²) in [6, 6.07) is 5.98. The van der Waals surface area contributed by atoms with Crippen LogP contribution in [0.25, 0.3) is 22.0 Å². The minimum atomic E-state index is -0.545. The molecule has 0 aromatic carbocycles. The summed E-state index contributed by atoms with van der Waals surface area (Å²) in [5.74, 6) is 0.499. The molecule has 2 bridgehead atoms. The average molecular weight is 388 g/mol. The Hall–Kier alpha value is -2.86. The number of amides is 1. The quantitative estimate of drug-likeness (QED) is 0.697. The highest BCUT2D eigenvalue weighted by Gasteiger charge is 2.69. The number of carbonyl (C=O) groups excluding carboxylic acids is 1. The molecule has 6 nitrogen and oxygen atoms in total. The van der Waals surface area contributed by atoms with E-state index in [-0.39, 0.29) is 17.2 Å². The number of fused-ring (bicyclic) bond motifs is 1. The molecule has 3 aliphatic carbocycles. The van der Waals surface area contributed by atoms with Crippen LogP contribution < -0.4 is 5.73 Å². The summed E-state index contributed by atoms with van der Waals surface area (Å²) in [5, 5.41) is 12.0. The third-order valence-electron chi connectivity index (χ3n) is 6.89. The summed E-state index contributed by atoms with van der Waals surface area (Å²) >= 11 is 0. The number of hydrogen-bond donors (Lipinski definition) is 2. The second-order valence-electron chi connectivity index (χ2n) is 8.54. The first-order valence-electron chi connectivity index (χ1n) is 10.1. The summed E-state index contributed by atoms with van der Waals surface area (Å²) in [6.45, 7) is 3.93. The van der Waals surface area contributed by atoms with Crippen molar-refractivity contribution >= 4 is 16.7 Å². The zero-order chi connectivity index (χ0) is 20.3. The van der Waals surface area contributed by atoms with E-state index >= 15 is 0 Å². The largest absolute Gasteiger partial charge is 0.387 e. The molecule has 3 N–H and O–H groups in total. The van der Waals surface area contributed by atoms with Crippen molar-refractivity contribution in [3.05, 3.63) is 53.7 Å². The Kier molecular flexibility index (Phi) is 3.96. The maximum Gasteiger partial charge on any atom is 0.224 e. The SMILES string of the molecule is CCC(O)c1cc(C)c(-c2cc3cnc(C4C5CC4(C(N)=O)C5)cc3cn2)cn1. The maximum atomic E-state index is 11.9. The highest BCUT2D eigenvalue weighted by atomic mass is 16.3. The van der Waals surface area contributed by atoms with Crippen LogP contribution in [-0.4, -0.2) is 26.0 Å². The summed E-state index contributed by atoms with van der Waals surface area (Å²) in [7, 11) is 0. The van der Waals surface area contributed by atoms with Gasteiger partial charge in [0.1, 0.15) is 0 Å². The van der Waals surface area contributed by atoms with Crippen LogP contribution in [0.1, 0.15) is 55.2 Å². The Labute approximate surface area is 169 Å². The molecule has 3 aliphatic rings. The van der Waals surface area contributed by atoms with Crippen molar-refractivity contribution in [1.29, 1.82) is 0 Å². The molecule has 3 fully saturated rings. The van der Waals surface area contributed by atoms with Gasteiger partial charge in [-0.1, -0.05) is 6.92 Å². The van der Waals surface area contributed by atoms with Gasteiger partial charge in [0.05, 0.1) is 22.9 Å². The number of carbonyl (C=O) groups is 1. The molecule has 3 saturated carbocycles. The Morgan fingerprint density at radius 2 is 1.90 bits per heavy atom. The van der Waals surface area contributed by atoms with Crippen LogP contribution in [0.2, 0.25) is 0 Å². The molecule has 0 saturated heterocycles. The third-order valence-corrected chi connectivity index (χ3v) is 6.89. The summed E-state index contributed by atoms with van der Waals surface area (Å²) < 4.78 is 0. The molecule has 6 rings (SSSR count). The molecule has 3 heterocycles. The first-order valence-corrected chi connectivity index (χ1v) is 10.1. The van der Waals surface area contributed by atoms with E-state index in [1.165, 1.54) is 0 Å². The van der Waals surface area contributed by atoms with Crippen molar-refractivity contribution in [3.8, 4) is 11.3 Å². The number of hydrogen-bond acceptors (Lipinski definition) is 5. The van der Waals surface area contributed by atoms with Crippen LogP contribution in [0, 0.1) is 18.3 Å². The van der Waals surface area contributed by atoms with Gasteiger partial charge in [0.15, 0.2) is 0 Å². The molecule has 3 aromatic rings. The second kappa shape index (κ2) is 6.32. The van der Waals surface area contributed by atoms with E-state index < -0.39 is 6.10 Å². The van der Waals surface area contributed by atoms with Gasteiger partial charge < -0.3 is 10.8 Å². The third kappa shape index (κ3) is 2.59. The lowest BCUT2D eigenvalue weighted by Gasteiger charge is -2.66. The highest BCUT2D eigenvalue weighted by molar-refractivity contribution is 5.88. The van der Waals surface area contributed by atoms with Gasteiger partial charge in [-0.25, -0.2) is 0 Å². The number of aromatic nitrogens is 3. The lowest BCUT2D eigenvalue weighted by Crippen LogP contribution is -2.65. The fourth-order valence-electron chi connectivity index (χ4n) is 4.98. The van der Waals surface area contributed by atoms with Crippen molar-refractivity contribution in [3.63, 3.8) is 0 Å². The van der Waals surface area contributed by atoms with E-state index in [1.54, 1.807) is 6.20 Å². The van der Waals surface area contributed by atoms with Crippen molar-refractivity contribution in [1.82, 2.24) is 15.0 Å². The van der Waals surface area contributed by atoms with E-state index in [0.29, 0.717) is 18.0 Å². The molecule has 3 aromatic heterocycles. The fourth-order valence-corrected chi connectivity index (χ4v) is 4.98. The fraction of sp³-hybridized carbons (Fsp3) is 0.391. The number of aliphatic hydroxyl groups excluding tert-OH is 1. The predicted molar refractivity (Wildman–Crippen MR) is 110 cm³/mol. The zero-order valence-corrected chi connectivity index (χ0v) is 16.6. The van der Waals surface area contributed by atoms with E-state index in [2.05, 4.69) is 15.0 Å².